The number of rotatable bonds is 4. The molecule has 2 heterocycles. The molecular formula is C21H19N5O3S. The molecule has 152 valence electrons. The van der Waals surface area contributed by atoms with E-state index in [4.69, 9.17) is 10.1 Å². The van der Waals surface area contributed by atoms with Crippen LogP contribution >= 0.6 is 11.3 Å². The molecule has 8 nitrogen and oxygen atoms in total. The third-order valence-corrected chi connectivity index (χ3v) is 5.84. The van der Waals surface area contributed by atoms with Gasteiger partial charge in [-0.2, -0.15) is 0 Å². The molecule has 0 fully saturated rings. The fourth-order valence-electron chi connectivity index (χ4n) is 3.33. The van der Waals surface area contributed by atoms with E-state index in [2.05, 4.69) is 15.7 Å². The fraction of sp³-hybridized carbons (Fsp3) is 0.143. The maximum Gasteiger partial charge on any atom is 0.338 e. The van der Waals surface area contributed by atoms with E-state index in [1.807, 2.05) is 30.3 Å². The molecule has 2 aromatic carbocycles. The fourth-order valence-corrected chi connectivity index (χ4v) is 4.41. The average Bonchev–Trinajstić information content (AvgIpc) is 3.28. The lowest BCUT2D eigenvalue weighted by atomic mass is 10.0. The second-order valence-electron chi connectivity index (χ2n) is 6.60. The van der Waals surface area contributed by atoms with Crippen LogP contribution in [0.3, 0.4) is 0 Å². The van der Waals surface area contributed by atoms with Crippen molar-refractivity contribution in [3.8, 4) is 0 Å². The van der Waals surface area contributed by atoms with Crippen LogP contribution in [0, 0.1) is 5.41 Å². The molecule has 0 saturated carbocycles. The normalized spacial score (nSPS) is 16.1. The van der Waals surface area contributed by atoms with E-state index in [1.54, 1.807) is 31.2 Å². The molecule has 3 aromatic rings. The zero-order valence-electron chi connectivity index (χ0n) is 16.3. The van der Waals surface area contributed by atoms with E-state index in [0.717, 1.165) is 10.2 Å². The predicted molar refractivity (Wildman–Crippen MR) is 115 cm³/mol. The summed E-state index contributed by atoms with van der Waals surface area (Å²) in [6, 6.07) is 16.0. The molecule has 0 radical (unpaired) electrons. The summed E-state index contributed by atoms with van der Waals surface area (Å²) < 4.78 is 5.91. The van der Waals surface area contributed by atoms with Crippen molar-refractivity contribution in [2.45, 2.75) is 12.8 Å². The van der Waals surface area contributed by atoms with Gasteiger partial charge in [-0.25, -0.2) is 25.0 Å². The van der Waals surface area contributed by atoms with E-state index in [1.165, 1.54) is 23.5 Å². The highest BCUT2D eigenvalue weighted by atomic mass is 32.1. The number of benzene rings is 2. The van der Waals surface area contributed by atoms with Crippen molar-refractivity contribution in [3.05, 3.63) is 70.9 Å². The van der Waals surface area contributed by atoms with Crippen LogP contribution in [0.1, 0.15) is 17.8 Å². The number of thiazole rings is 1. The zero-order chi connectivity index (χ0) is 21.3. The van der Waals surface area contributed by atoms with Crippen molar-refractivity contribution in [3.63, 3.8) is 0 Å². The second-order valence-corrected chi connectivity index (χ2v) is 7.66. The highest BCUT2D eigenvalue weighted by Gasteiger charge is 2.42. The minimum atomic E-state index is -0.730. The lowest BCUT2D eigenvalue weighted by molar-refractivity contribution is -0.136. The quantitative estimate of drug-likeness (QED) is 0.555. The number of allylic oxidation sites excluding steroid dienone is 1. The first-order chi connectivity index (χ1) is 14.5. The third-order valence-electron chi connectivity index (χ3n) is 4.74. The van der Waals surface area contributed by atoms with Gasteiger partial charge in [0.25, 0.3) is 0 Å². The van der Waals surface area contributed by atoms with Gasteiger partial charge < -0.3 is 10.1 Å². The largest absolute Gasteiger partial charge is 0.466 e. The molecule has 0 aliphatic carbocycles. The summed E-state index contributed by atoms with van der Waals surface area (Å²) in [5.74, 6) is -1.27. The Hall–Kier alpha value is -3.72. The number of nitrogens with one attached hydrogen (secondary N) is 3. The van der Waals surface area contributed by atoms with E-state index in [9.17, 15) is 9.59 Å². The van der Waals surface area contributed by atoms with E-state index >= 15 is 0 Å². The van der Waals surface area contributed by atoms with Gasteiger partial charge in [-0.05, 0) is 31.2 Å². The van der Waals surface area contributed by atoms with Gasteiger partial charge in [0.1, 0.15) is 16.8 Å². The molecule has 1 atom stereocenters. The number of urea groups is 1. The molecule has 1 aliphatic heterocycles. The van der Waals surface area contributed by atoms with Crippen molar-refractivity contribution >= 4 is 45.1 Å². The molecule has 0 bridgehead atoms. The van der Waals surface area contributed by atoms with Gasteiger partial charge in [0, 0.05) is 5.69 Å². The molecule has 4 rings (SSSR count). The number of hydrogen-bond acceptors (Lipinski definition) is 6. The first-order valence-corrected chi connectivity index (χ1v) is 9.97. The van der Waals surface area contributed by atoms with Gasteiger partial charge in [0.15, 0.2) is 0 Å². The molecule has 1 aliphatic rings. The van der Waals surface area contributed by atoms with E-state index in [0.29, 0.717) is 16.4 Å². The van der Waals surface area contributed by atoms with Crippen LogP contribution in [0.2, 0.25) is 0 Å². The van der Waals surface area contributed by atoms with Gasteiger partial charge in [-0.3, -0.25) is 5.41 Å². The topological polar surface area (TPSA) is 107 Å². The summed E-state index contributed by atoms with van der Waals surface area (Å²) in [6.07, 6.45) is 0. The molecular weight excluding hydrogens is 402 g/mol. The molecule has 30 heavy (non-hydrogen) atoms. The Bertz CT molecular complexity index is 1140. The first-order valence-electron chi connectivity index (χ1n) is 9.15. The lowest BCUT2D eigenvalue weighted by Gasteiger charge is -2.22. The highest BCUT2D eigenvalue weighted by molar-refractivity contribution is 7.18. The minimum Gasteiger partial charge on any atom is -0.466 e. The summed E-state index contributed by atoms with van der Waals surface area (Å²) in [7, 11) is 1.29. The number of hydrazine groups is 1. The van der Waals surface area contributed by atoms with Crippen LogP contribution in [-0.4, -0.2) is 34.9 Å². The van der Waals surface area contributed by atoms with Gasteiger partial charge in [-0.1, -0.05) is 30.3 Å². The zero-order valence-corrected chi connectivity index (χ0v) is 17.1. The standard InChI is InChI=1S/C21H19N5O3S/c1-12-16(20(27)29-2)17(19-24-14-10-6-7-11-15(14)30-19)18(22)26(12)25-21(28)23-13-8-4-3-5-9-13/h3-11,17,22H,1-2H3,(H2,23,25,28). The number of methoxy groups -OCH3 is 1. The van der Waals surface area contributed by atoms with Crippen molar-refractivity contribution in [1.82, 2.24) is 15.4 Å². The molecule has 0 spiro atoms. The molecule has 3 N–H and O–H groups in total. The van der Waals surface area contributed by atoms with Crippen molar-refractivity contribution < 1.29 is 14.3 Å². The van der Waals surface area contributed by atoms with Gasteiger partial charge in [0.2, 0.25) is 0 Å². The number of amidine groups is 1. The number of amides is 2. The van der Waals surface area contributed by atoms with Gasteiger partial charge >= 0.3 is 12.0 Å². The summed E-state index contributed by atoms with van der Waals surface area (Å²) in [6.45, 7) is 1.66. The summed E-state index contributed by atoms with van der Waals surface area (Å²) in [4.78, 5) is 29.6. The smallest absolute Gasteiger partial charge is 0.338 e. The Morgan fingerprint density at radius 1 is 1.13 bits per heavy atom. The lowest BCUT2D eigenvalue weighted by Crippen LogP contribution is -2.45. The number of nitrogens with zero attached hydrogens (tertiary/aromatic N) is 2. The van der Waals surface area contributed by atoms with Crippen molar-refractivity contribution in [2.24, 2.45) is 0 Å². The first kappa shape index (κ1) is 19.6. The Balaban J connectivity index is 1.65. The van der Waals surface area contributed by atoms with Crippen LogP contribution in [0.15, 0.2) is 65.9 Å². The maximum atomic E-state index is 12.5. The summed E-state index contributed by atoms with van der Waals surface area (Å²) in [5, 5.41) is 13.3. The summed E-state index contributed by atoms with van der Waals surface area (Å²) >= 11 is 1.41. The number of fused-ring (bicyclic) bond motifs is 1. The third kappa shape index (κ3) is 3.50. The number of esters is 1. The monoisotopic (exact) mass is 421 g/mol. The van der Waals surface area contributed by atoms with Crippen molar-refractivity contribution in [1.29, 1.82) is 5.41 Å². The number of carbonyl (C=O) groups excluding carboxylic acids is 2. The molecule has 1 aromatic heterocycles. The second kappa shape index (κ2) is 7.96. The number of carbonyl (C=O) groups is 2. The molecule has 1 unspecified atom stereocenters. The highest BCUT2D eigenvalue weighted by Crippen LogP contribution is 2.40. The Morgan fingerprint density at radius 3 is 2.53 bits per heavy atom. The summed E-state index contributed by atoms with van der Waals surface area (Å²) in [5.41, 5.74) is 4.74. The number of ether oxygens (including phenoxy) is 1. The number of para-hydroxylation sites is 2. The van der Waals surface area contributed by atoms with E-state index < -0.39 is 17.9 Å². The van der Waals surface area contributed by atoms with Crippen LogP contribution in [-0.2, 0) is 9.53 Å². The Labute approximate surface area is 176 Å². The van der Waals surface area contributed by atoms with Gasteiger partial charge in [-0.15, -0.1) is 11.3 Å². The average molecular weight is 421 g/mol. The van der Waals surface area contributed by atoms with E-state index in [-0.39, 0.29) is 11.4 Å². The van der Waals surface area contributed by atoms with Crippen LogP contribution in [0.25, 0.3) is 10.2 Å². The van der Waals surface area contributed by atoms with Crippen LogP contribution in [0.4, 0.5) is 10.5 Å². The Morgan fingerprint density at radius 2 is 1.83 bits per heavy atom. The minimum absolute atomic E-state index is 0.0233. The number of aromatic nitrogens is 1. The van der Waals surface area contributed by atoms with Crippen LogP contribution in [0.5, 0.6) is 0 Å². The predicted octanol–water partition coefficient (Wildman–Crippen LogP) is 3.86. The van der Waals surface area contributed by atoms with Crippen molar-refractivity contribution in [2.75, 3.05) is 12.4 Å². The SMILES string of the molecule is COC(=O)C1=C(C)N(NC(=O)Nc2ccccc2)C(=N)C1c1nc2ccccc2s1. The number of hydrogen-bond donors (Lipinski definition) is 3. The molecule has 2 amide bonds. The molecule has 9 heteroatoms. The van der Waals surface area contributed by atoms with Crippen LogP contribution < -0.4 is 10.7 Å². The molecule has 0 saturated heterocycles. The number of anilines is 1. The Kier molecular flexibility index (Phi) is 5.20. The van der Waals surface area contributed by atoms with Gasteiger partial charge in [0.05, 0.1) is 28.6 Å². The maximum absolute atomic E-state index is 12.5.